The number of aromatic nitrogens is 1. The van der Waals surface area contributed by atoms with Crippen molar-refractivity contribution >= 4 is 21.6 Å². The normalized spacial score (nSPS) is 23.6. The fourth-order valence-corrected chi connectivity index (χ4v) is 4.18. The second-order valence-corrected chi connectivity index (χ2v) is 7.97. The molecule has 124 valence electrons. The van der Waals surface area contributed by atoms with Gasteiger partial charge in [-0.15, -0.1) is 0 Å². The van der Waals surface area contributed by atoms with E-state index < -0.39 is 10.0 Å². The molecule has 6 nitrogen and oxygen atoms in total. The number of sulfonamides is 1. The van der Waals surface area contributed by atoms with E-state index in [0.29, 0.717) is 31.3 Å². The molecule has 0 amide bonds. The molecule has 8 heteroatoms. The zero-order chi connectivity index (χ0) is 16.2. The number of morpholine rings is 1. The van der Waals surface area contributed by atoms with Gasteiger partial charge in [0.2, 0.25) is 10.0 Å². The van der Waals surface area contributed by atoms with E-state index in [0.717, 1.165) is 5.56 Å². The van der Waals surface area contributed by atoms with Gasteiger partial charge in [0.15, 0.2) is 0 Å². The van der Waals surface area contributed by atoms with Crippen LogP contribution in [-0.2, 0) is 21.3 Å². The molecule has 1 fully saturated rings. The van der Waals surface area contributed by atoms with Crippen LogP contribution < -0.4 is 5.32 Å². The summed E-state index contributed by atoms with van der Waals surface area (Å²) in [5.74, 6) is 0.0598. The van der Waals surface area contributed by atoms with E-state index in [1.165, 1.54) is 4.31 Å². The van der Waals surface area contributed by atoms with Crippen molar-refractivity contribution in [2.75, 3.05) is 25.4 Å². The molecular weight excluding hydrogens is 326 g/mol. The highest BCUT2D eigenvalue weighted by Crippen LogP contribution is 2.15. The monoisotopic (exact) mass is 347 g/mol. The highest BCUT2D eigenvalue weighted by Gasteiger charge is 2.30. The summed E-state index contributed by atoms with van der Waals surface area (Å²) in [5.41, 5.74) is 0.857. The summed E-state index contributed by atoms with van der Waals surface area (Å²) >= 11 is 5.96. The molecule has 1 aliphatic rings. The fourth-order valence-electron chi connectivity index (χ4n) is 2.46. The summed E-state index contributed by atoms with van der Waals surface area (Å²) in [4.78, 5) is 3.98. The van der Waals surface area contributed by atoms with Crippen molar-refractivity contribution < 1.29 is 13.2 Å². The van der Waals surface area contributed by atoms with Crippen molar-refractivity contribution in [3.63, 3.8) is 0 Å². The summed E-state index contributed by atoms with van der Waals surface area (Å²) in [6, 6.07) is 3.66. The lowest BCUT2D eigenvalue weighted by molar-refractivity contribution is -0.0440. The first-order valence-corrected chi connectivity index (χ1v) is 9.30. The van der Waals surface area contributed by atoms with Crippen LogP contribution in [-0.4, -0.2) is 55.3 Å². The molecule has 0 spiro atoms. The molecule has 0 aromatic carbocycles. The Hall–Kier alpha value is -0.730. The summed E-state index contributed by atoms with van der Waals surface area (Å²) < 4.78 is 31.8. The fraction of sp³-hybridized carbons (Fsp3) is 0.643. The lowest BCUT2D eigenvalue weighted by Crippen LogP contribution is -2.49. The number of rotatable bonds is 6. The van der Waals surface area contributed by atoms with Crippen LogP contribution >= 0.6 is 11.6 Å². The highest BCUT2D eigenvalue weighted by molar-refractivity contribution is 7.89. The molecule has 1 aromatic heterocycles. The maximum Gasteiger partial charge on any atom is 0.215 e. The number of hydrogen-bond donors (Lipinski definition) is 1. The number of nitrogens with one attached hydrogen (secondary N) is 1. The Morgan fingerprint density at radius 3 is 2.73 bits per heavy atom. The average Bonchev–Trinajstić information content (AvgIpc) is 2.44. The van der Waals surface area contributed by atoms with Crippen LogP contribution in [0.3, 0.4) is 0 Å². The van der Waals surface area contributed by atoms with Crippen LogP contribution in [0.2, 0.25) is 5.15 Å². The summed E-state index contributed by atoms with van der Waals surface area (Å²) in [5, 5.41) is 3.54. The predicted octanol–water partition coefficient (Wildman–Crippen LogP) is 1.26. The molecule has 0 aliphatic carbocycles. The largest absolute Gasteiger partial charge is 0.373 e. The standard InChI is InChI=1S/C14H22ClN3O3S/c1-11-9-18(10-12(2)21-11)22(19,20)7-6-16-8-13-4-3-5-17-14(13)15/h3-5,11-12,16H,6-10H2,1-2H3/t11-,12+. The third-order valence-corrected chi connectivity index (χ3v) is 5.61. The van der Waals surface area contributed by atoms with Crippen molar-refractivity contribution in [3.05, 3.63) is 29.0 Å². The Balaban J connectivity index is 1.81. The molecule has 2 rings (SSSR count). The van der Waals surface area contributed by atoms with Gasteiger partial charge in [0, 0.05) is 37.9 Å². The van der Waals surface area contributed by atoms with Crippen LogP contribution in [0.5, 0.6) is 0 Å². The molecule has 0 radical (unpaired) electrons. The topological polar surface area (TPSA) is 71.5 Å². The van der Waals surface area contributed by atoms with Crippen molar-refractivity contribution in [2.45, 2.75) is 32.6 Å². The van der Waals surface area contributed by atoms with Gasteiger partial charge in [-0.25, -0.2) is 13.4 Å². The van der Waals surface area contributed by atoms with Crippen LogP contribution in [0, 0.1) is 0 Å². The molecule has 0 unspecified atom stereocenters. The Labute approximate surface area is 136 Å². The van der Waals surface area contributed by atoms with Crippen molar-refractivity contribution in [2.24, 2.45) is 0 Å². The number of nitrogens with zero attached hydrogens (tertiary/aromatic N) is 2. The van der Waals surface area contributed by atoms with E-state index in [4.69, 9.17) is 16.3 Å². The Morgan fingerprint density at radius 2 is 2.09 bits per heavy atom. The maximum absolute atomic E-state index is 12.3. The molecule has 2 heterocycles. The van der Waals surface area contributed by atoms with Gasteiger partial charge in [-0.3, -0.25) is 0 Å². The van der Waals surface area contributed by atoms with Crippen LogP contribution in [0.4, 0.5) is 0 Å². The Morgan fingerprint density at radius 1 is 1.41 bits per heavy atom. The lowest BCUT2D eigenvalue weighted by Gasteiger charge is -2.34. The Kier molecular flexibility index (Phi) is 6.17. The molecule has 2 atom stereocenters. The van der Waals surface area contributed by atoms with E-state index in [1.807, 2.05) is 19.9 Å². The van der Waals surface area contributed by atoms with E-state index in [9.17, 15) is 8.42 Å². The first-order chi connectivity index (χ1) is 10.4. The van der Waals surface area contributed by atoms with Gasteiger partial charge in [-0.2, -0.15) is 4.31 Å². The third kappa shape index (κ3) is 4.89. The number of hydrogen-bond acceptors (Lipinski definition) is 5. The molecule has 0 saturated carbocycles. The number of ether oxygens (including phenoxy) is 1. The third-order valence-electron chi connectivity index (χ3n) is 3.47. The molecule has 22 heavy (non-hydrogen) atoms. The smallest absolute Gasteiger partial charge is 0.215 e. The van der Waals surface area contributed by atoms with Gasteiger partial charge in [-0.05, 0) is 19.9 Å². The van der Waals surface area contributed by atoms with Gasteiger partial charge in [-0.1, -0.05) is 17.7 Å². The first-order valence-electron chi connectivity index (χ1n) is 7.32. The minimum absolute atomic E-state index is 0.0598. The second-order valence-electron chi connectivity index (χ2n) is 5.52. The van der Waals surface area contributed by atoms with Crippen molar-refractivity contribution in [1.29, 1.82) is 0 Å². The van der Waals surface area contributed by atoms with E-state index in [2.05, 4.69) is 10.3 Å². The zero-order valence-corrected chi connectivity index (χ0v) is 14.4. The maximum atomic E-state index is 12.3. The van der Waals surface area contributed by atoms with Crippen LogP contribution in [0.15, 0.2) is 18.3 Å². The van der Waals surface area contributed by atoms with Crippen molar-refractivity contribution in [3.8, 4) is 0 Å². The summed E-state index contributed by atoms with van der Waals surface area (Å²) in [6.07, 6.45) is 1.48. The summed E-state index contributed by atoms with van der Waals surface area (Å²) in [7, 11) is -3.27. The minimum atomic E-state index is -3.27. The van der Waals surface area contributed by atoms with Crippen LogP contribution in [0.25, 0.3) is 0 Å². The van der Waals surface area contributed by atoms with Gasteiger partial charge in [0.25, 0.3) is 0 Å². The summed E-state index contributed by atoms with van der Waals surface area (Å²) in [6.45, 7) is 5.48. The molecule has 1 N–H and O–H groups in total. The van der Waals surface area contributed by atoms with Gasteiger partial charge >= 0.3 is 0 Å². The Bertz CT molecular complexity index is 587. The molecule has 1 aromatic rings. The van der Waals surface area contributed by atoms with Crippen molar-refractivity contribution in [1.82, 2.24) is 14.6 Å². The molecule has 1 aliphatic heterocycles. The minimum Gasteiger partial charge on any atom is -0.373 e. The van der Waals surface area contributed by atoms with E-state index >= 15 is 0 Å². The lowest BCUT2D eigenvalue weighted by atomic mass is 10.3. The predicted molar refractivity (Wildman–Crippen MR) is 86.3 cm³/mol. The van der Waals surface area contributed by atoms with Gasteiger partial charge in [0.1, 0.15) is 5.15 Å². The first kappa shape index (κ1) is 17.6. The zero-order valence-electron chi connectivity index (χ0n) is 12.8. The van der Waals surface area contributed by atoms with Gasteiger partial charge < -0.3 is 10.1 Å². The number of halogens is 1. The average molecular weight is 348 g/mol. The second kappa shape index (κ2) is 7.70. The van der Waals surface area contributed by atoms with Crippen LogP contribution in [0.1, 0.15) is 19.4 Å². The SMILES string of the molecule is C[C@@H]1CN(S(=O)(=O)CCNCc2cccnc2Cl)C[C@H](C)O1. The number of pyridine rings is 1. The molecule has 1 saturated heterocycles. The molecular formula is C14H22ClN3O3S. The van der Waals surface area contributed by atoms with Gasteiger partial charge in [0.05, 0.1) is 18.0 Å². The molecule has 0 bridgehead atoms. The highest BCUT2D eigenvalue weighted by atomic mass is 35.5. The van der Waals surface area contributed by atoms with E-state index in [1.54, 1.807) is 12.3 Å². The quantitative estimate of drug-likeness (QED) is 0.619. The van der Waals surface area contributed by atoms with E-state index in [-0.39, 0.29) is 18.0 Å².